The Bertz CT molecular complexity index is 399. The Morgan fingerprint density at radius 3 is 2.29 bits per heavy atom. The van der Waals surface area contributed by atoms with Crippen molar-refractivity contribution in [2.75, 3.05) is 0 Å². The highest BCUT2D eigenvalue weighted by Gasteiger charge is 2.29. The van der Waals surface area contributed by atoms with Crippen LogP contribution >= 0.6 is 0 Å². The predicted octanol–water partition coefficient (Wildman–Crippen LogP) is 3.05. The molecule has 0 saturated carbocycles. The number of alkyl halides is 3. The quantitative estimate of drug-likeness (QED) is 0.886. The Morgan fingerprint density at radius 2 is 1.82 bits per heavy atom. The van der Waals surface area contributed by atoms with Gasteiger partial charge in [-0.3, -0.25) is 4.79 Å². The zero-order chi connectivity index (χ0) is 13.1. The lowest BCUT2D eigenvalue weighted by Gasteiger charge is -2.13. The van der Waals surface area contributed by atoms with Crippen molar-refractivity contribution >= 4 is 5.97 Å². The van der Waals surface area contributed by atoms with Gasteiger partial charge in [-0.05, 0) is 17.5 Å². The van der Waals surface area contributed by atoms with E-state index in [2.05, 4.69) is 0 Å². The second-order valence-electron chi connectivity index (χ2n) is 4.00. The number of hydrogen-bond donors (Lipinski definition) is 1. The summed E-state index contributed by atoms with van der Waals surface area (Å²) in [6.07, 6.45) is -5.18. The monoisotopic (exact) mass is 246 g/mol. The fourth-order valence-electron chi connectivity index (χ4n) is 1.56. The van der Waals surface area contributed by atoms with Crippen LogP contribution in [0, 0.1) is 5.92 Å². The predicted molar refractivity (Wildman–Crippen MR) is 56.7 cm³/mol. The number of carboxylic acid groups (broad SMARTS) is 1. The van der Waals surface area contributed by atoms with Crippen LogP contribution in [0.5, 0.6) is 0 Å². The summed E-state index contributed by atoms with van der Waals surface area (Å²) < 4.78 is 36.9. The van der Waals surface area contributed by atoms with Crippen LogP contribution in [0.3, 0.4) is 0 Å². The highest BCUT2D eigenvalue weighted by Crippen LogP contribution is 2.24. The van der Waals surface area contributed by atoms with Gasteiger partial charge in [0, 0.05) is 0 Å². The molecule has 0 aliphatic heterocycles. The summed E-state index contributed by atoms with van der Waals surface area (Å²) in [4.78, 5) is 10.7. The normalized spacial score (nSPS) is 13.4. The van der Waals surface area contributed by atoms with Gasteiger partial charge in [-0.25, -0.2) is 0 Å². The number of carbonyl (C=O) groups is 1. The van der Waals surface area contributed by atoms with Gasteiger partial charge in [-0.1, -0.05) is 31.2 Å². The first kappa shape index (κ1) is 13.5. The van der Waals surface area contributed by atoms with Crippen LogP contribution in [0.2, 0.25) is 0 Å². The minimum atomic E-state index is -4.28. The van der Waals surface area contributed by atoms with E-state index in [0.29, 0.717) is 5.56 Å². The molecular formula is C12H13F3O2. The molecule has 0 fully saturated rings. The van der Waals surface area contributed by atoms with E-state index >= 15 is 0 Å². The van der Waals surface area contributed by atoms with E-state index in [4.69, 9.17) is 5.11 Å². The Morgan fingerprint density at radius 1 is 1.29 bits per heavy atom. The third-order valence-corrected chi connectivity index (χ3v) is 2.46. The van der Waals surface area contributed by atoms with Crippen LogP contribution in [0.1, 0.15) is 18.1 Å². The minimum Gasteiger partial charge on any atom is -0.481 e. The first-order valence-corrected chi connectivity index (χ1v) is 5.16. The number of rotatable bonds is 4. The van der Waals surface area contributed by atoms with Crippen LogP contribution < -0.4 is 0 Å². The summed E-state index contributed by atoms with van der Waals surface area (Å²) >= 11 is 0. The second kappa shape index (κ2) is 5.21. The van der Waals surface area contributed by atoms with Gasteiger partial charge in [0.25, 0.3) is 0 Å². The van der Waals surface area contributed by atoms with Gasteiger partial charge in [-0.2, -0.15) is 13.2 Å². The first-order valence-electron chi connectivity index (χ1n) is 5.16. The van der Waals surface area contributed by atoms with Crippen molar-refractivity contribution in [2.45, 2.75) is 25.9 Å². The molecule has 1 N–H and O–H groups in total. The first-order chi connectivity index (χ1) is 7.79. The van der Waals surface area contributed by atoms with Crippen LogP contribution in [-0.2, 0) is 17.6 Å². The smallest absolute Gasteiger partial charge is 0.393 e. The van der Waals surface area contributed by atoms with E-state index in [0.717, 1.165) is 0 Å². The standard InChI is InChI=1S/C12H13F3O2/c1-8(11(16)17)6-9-4-2-3-5-10(9)7-12(13,14)15/h2-5,8H,6-7H2,1H3,(H,16,17). The van der Waals surface area contributed by atoms with Crippen molar-refractivity contribution in [3.63, 3.8) is 0 Å². The van der Waals surface area contributed by atoms with E-state index in [9.17, 15) is 18.0 Å². The molecule has 0 heterocycles. The van der Waals surface area contributed by atoms with Gasteiger partial charge < -0.3 is 5.11 Å². The summed E-state index contributed by atoms with van der Waals surface area (Å²) in [6, 6.07) is 6.07. The Balaban J connectivity index is 2.88. The van der Waals surface area contributed by atoms with Crippen molar-refractivity contribution < 1.29 is 23.1 Å². The van der Waals surface area contributed by atoms with Gasteiger partial charge in [0.2, 0.25) is 0 Å². The van der Waals surface area contributed by atoms with Crippen molar-refractivity contribution in [2.24, 2.45) is 5.92 Å². The lowest BCUT2D eigenvalue weighted by Crippen LogP contribution is -2.16. The van der Waals surface area contributed by atoms with Gasteiger partial charge in [0.15, 0.2) is 0 Å². The van der Waals surface area contributed by atoms with E-state index in [-0.39, 0.29) is 12.0 Å². The SMILES string of the molecule is CC(Cc1ccccc1CC(F)(F)F)C(=O)O. The van der Waals surface area contributed by atoms with Gasteiger partial charge in [0.05, 0.1) is 12.3 Å². The van der Waals surface area contributed by atoms with Crippen molar-refractivity contribution in [3.05, 3.63) is 35.4 Å². The Kier molecular flexibility index (Phi) is 4.15. The maximum Gasteiger partial charge on any atom is 0.393 e. The molecule has 0 saturated heterocycles. The van der Waals surface area contributed by atoms with E-state index in [1.54, 1.807) is 12.1 Å². The van der Waals surface area contributed by atoms with Crippen LogP contribution in [-0.4, -0.2) is 17.3 Å². The summed E-state index contributed by atoms with van der Waals surface area (Å²) in [5.74, 6) is -1.70. The van der Waals surface area contributed by atoms with E-state index in [1.165, 1.54) is 19.1 Å². The molecular weight excluding hydrogens is 233 g/mol. The maximum atomic E-state index is 12.3. The fourth-order valence-corrected chi connectivity index (χ4v) is 1.56. The highest BCUT2D eigenvalue weighted by molar-refractivity contribution is 5.70. The molecule has 0 aliphatic carbocycles. The van der Waals surface area contributed by atoms with E-state index in [1.807, 2.05) is 0 Å². The van der Waals surface area contributed by atoms with Crippen LogP contribution in [0.15, 0.2) is 24.3 Å². The molecule has 1 atom stereocenters. The highest BCUT2D eigenvalue weighted by atomic mass is 19.4. The fraction of sp³-hybridized carbons (Fsp3) is 0.417. The van der Waals surface area contributed by atoms with E-state index < -0.39 is 24.5 Å². The number of halogens is 3. The van der Waals surface area contributed by atoms with Crippen molar-refractivity contribution in [3.8, 4) is 0 Å². The molecule has 0 spiro atoms. The summed E-state index contributed by atoms with van der Waals surface area (Å²) in [5, 5.41) is 8.74. The summed E-state index contributed by atoms with van der Waals surface area (Å²) in [7, 11) is 0. The molecule has 0 aliphatic rings. The van der Waals surface area contributed by atoms with Crippen LogP contribution in [0.25, 0.3) is 0 Å². The average Bonchev–Trinajstić information content (AvgIpc) is 2.18. The second-order valence-corrected chi connectivity index (χ2v) is 4.00. The molecule has 1 aromatic carbocycles. The molecule has 17 heavy (non-hydrogen) atoms. The zero-order valence-electron chi connectivity index (χ0n) is 9.29. The number of carboxylic acids is 1. The number of aliphatic carboxylic acids is 1. The Hall–Kier alpha value is -1.52. The lowest BCUT2D eigenvalue weighted by molar-refractivity contribution is -0.141. The van der Waals surface area contributed by atoms with Gasteiger partial charge >= 0.3 is 12.1 Å². The number of benzene rings is 1. The molecule has 1 aromatic rings. The summed E-state index contributed by atoms with van der Waals surface area (Å²) in [6.45, 7) is 1.48. The lowest BCUT2D eigenvalue weighted by atomic mass is 9.95. The Labute approximate surface area is 97.1 Å². The third-order valence-electron chi connectivity index (χ3n) is 2.46. The van der Waals surface area contributed by atoms with Gasteiger partial charge in [-0.15, -0.1) is 0 Å². The molecule has 0 bridgehead atoms. The topological polar surface area (TPSA) is 37.3 Å². The minimum absolute atomic E-state index is 0.113. The molecule has 1 unspecified atom stereocenters. The number of hydrogen-bond acceptors (Lipinski definition) is 1. The molecule has 2 nitrogen and oxygen atoms in total. The molecule has 0 radical (unpaired) electrons. The molecule has 5 heteroatoms. The molecule has 0 aromatic heterocycles. The zero-order valence-corrected chi connectivity index (χ0v) is 9.29. The largest absolute Gasteiger partial charge is 0.481 e. The maximum absolute atomic E-state index is 12.3. The molecule has 94 valence electrons. The van der Waals surface area contributed by atoms with Gasteiger partial charge in [0.1, 0.15) is 0 Å². The molecule has 0 amide bonds. The summed E-state index contributed by atoms with van der Waals surface area (Å²) in [5.41, 5.74) is 0.591. The average molecular weight is 246 g/mol. The van der Waals surface area contributed by atoms with Crippen molar-refractivity contribution in [1.29, 1.82) is 0 Å². The van der Waals surface area contributed by atoms with Crippen LogP contribution in [0.4, 0.5) is 13.2 Å². The third kappa shape index (κ3) is 4.46. The van der Waals surface area contributed by atoms with Crippen molar-refractivity contribution in [1.82, 2.24) is 0 Å². The molecule has 1 rings (SSSR count).